The number of aromatic nitrogens is 2. The lowest BCUT2D eigenvalue weighted by Gasteiger charge is -2.15. The molecule has 2 aromatic heterocycles. The number of nitrogens with zero attached hydrogens (tertiary/aromatic N) is 3. The molecule has 3 aromatic carbocycles. The molecule has 0 unspecified atom stereocenters. The minimum atomic E-state index is -3.87. The summed E-state index contributed by atoms with van der Waals surface area (Å²) in [7, 11) is -3.87. The van der Waals surface area contributed by atoms with E-state index in [9.17, 15) is 13.2 Å². The van der Waals surface area contributed by atoms with E-state index in [4.69, 9.17) is 39.8 Å². The summed E-state index contributed by atoms with van der Waals surface area (Å²) in [4.78, 5) is 17.6. The molecule has 42 heavy (non-hydrogen) atoms. The molecule has 3 heterocycles. The lowest BCUT2D eigenvalue weighted by molar-refractivity contribution is -0.117. The van der Waals surface area contributed by atoms with Gasteiger partial charge in [0, 0.05) is 28.2 Å². The number of nitrogens with one attached hydrogen (secondary N) is 1. The number of hydrogen-bond acceptors (Lipinski definition) is 5. The summed E-state index contributed by atoms with van der Waals surface area (Å²) >= 11 is 20.2. The molecule has 0 aliphatic carbocycles. The van der Waals surface area contributed by atoms with E-state index >= 15 is 0 Å². The number of halogens is 3. The van der Waals surface area contributed by atoms with Crippen molar-refractivity contribution in [1.29, 1.82) is 0 Å². The molecule has 0 spiro atoms. The number of carbonyl (C=O) groups is 1. The SMILES string of the molecule is O=C1CN(c2ccc(Cn3cc(-c4ccc(Cl)cc4Cl)nc3C=Cc3ccc(-c4ccc(Cl)s4)cc3)cc2)S(=O)(=O)N1. The van der Waals surface area contributed by atoms with Crippen molar-refractivity contribution in [3.8, 4) is 21.7 Å². The minimum Gasteiger partial charge on any atom is -0.326 e. The van der Waals surface area contributed by atoms with Crippen molar-refractivity contribution in [3.63, 3.8) is 0 Å². The Hall–Kier alpha value is -3.60. The molecule has 0 radical (unpaired) electrons. The topological polar surface area (TPSA) is 84.3 Å². The number of imidazole rings is 1. The van der Waals surface area contributed by atoms with Gasteiger partial charge in [0.25, 0.3) is 5.91 Å². The van der Waals surface area contributed by atoms with Gasteiger partial charge in [-0.15, -0.1) is 11.3 Å². The van der Waals surface area contributed by atoms with Crippen molar-refractivity contribution in [1.82, 2.24) is 14.3 Å². The van der Waals surface area contributed by atoms with Gasteiger partial charge in [0.05, 0.1) is 20.7 Å². The Kier molecular flexibility index (Phi) is 7.87. The standard InChI is InChI=1S/C30H21Cl3N4O3S2/c31-22-8-11-24(25(32)15-22)26-17-36(16-20-3-9-23(10-4-20)37-18-30(38)35-42(37,39)40)29(34-26)14-5-19-1-6-21(7-2-19)27-12-13-28(33)41-27/h1-15,17H,16,18H2,(H,35,38). The van der Waals surface area contributed by atoms with E-state index in [1.54, 1.807) is 24.3 Å². The molecule has 0 atom stereocenters. The fourth-order valence-electron chi connectivity index (χ4n) is 4.56. The number of rotatable bonds is 7. The molecule has 0 bridgehead atoms. The molecule has 6 rings (SSSR count). The molecule has 1 fully saturated rings. The normalized spacial score (nSPS) is 14.5. The maximum Gasteiger partial charge on any atom is 0.326 e. The van der Waals surface area contributed by atoms with Crippen LogP contribution in [0.5, 0.6) is 0 Å². The monoisotopic (exact) mass is 654 g/mol. The molecule has 212 valence electrons. The summed E-state index contributed by atoms with van der Waals surface area (Å²) in [6.07, 6.45) is 5.84. The first-order chi connectivity index (χ1) is 20.1. The first-order valence-electron chi connectivity index (χ1n) is 12.6. The molecule has 1 N–H and O–H groups in total. The summed E-state index contributed by atoms with van der Waals surface area (Å²) in [5, 5.41) is 1.03. The van der Waals surface area contributed by atoms with Gasteiger partial charge < -0.3 is 4.57 Å². The molecule has 1 aliphatic heterocycles. The summed E-state index contributed by atoms with van der Waals surface area (Å²) in [5.74, 6) is 0.138. The van der Waals surface area contributed by atoms with Gasteiger partial charge in [0.2, 0.25) is 0 Å². The third-order valence-corrected chi connectivity index (χ3v) is 9.84. The fourth-order valence-corrected chi connectivity index (χ4v) is 7.26. The molecule has 1 aliphatic rings. The molecule has 12 heteroatoms. The van der Waals surface area contributed by atoms with E-state index in [1.165, 1.54) is 11.3 Å². The van der Waals surface area contributed by atoms with Gasteiger partial charge in [0.1, 0.15) is 12.4 Å². The summed E-state index contributed by atoms with van der Waals surface area (Å²) in [6.45, 7) is 0.214. The van der Waals surface area contributed by atoms with Gasteiger partial charge in [-0.1, -0.05) is 77.3 Å². The van der Waals surface area contributed by atoms with Crippen LogP contribution in [-0.4, -0.2) is 30.4 Å². The summed E-state index contributed by atoms with van der Waals surface area (Å²) in [5.41, 5.74) is 4.85. The molecule has 1 amide bonds. The van der Waals surface area contributed by atoms with Crippen molar-refractivity contribution in [2.75, 3.05) is 10.8 Å². The van der Waals surface area contributed by atoms with E-state index in [0.717, 1.165) is 35.8 Å². The predicted octanol–water partition coefficient (Wildman–Crippen LogP) is 7.64. The van der Waals surface area contributed by atoms with E-state index in [0.29, 0.717) is 33.8 Å². The van der Waals surface area contributed by atoms with Crippen LogP contribution in [0, 0.1) is 0 Å². The van der Waals surface area contributed by atoms with Gasteiger partial charge in [-0.3, -0.25) is 4.79 Å². The number of carbonyl (C=O) groups excluding carboxylic acids is 1. The molecular weight excluding hydrogens is 635 g/mol. The number of hydrogen-bond donors (Lipinski definition) is 1. The summed E-state index contributed by atoms with van der Waals surface area (Å²) < 4.78 is 30.2. The Morgan fingerprint density at radius 2 is 1.69 bits per heavy atom. The second-order valence-electron chi connectivity index (χ2n) is 9.50. The quantitative estimate of drug-likeness (QED) is 0.195. The lowest BCUT2D eigenvalue weighted by atomic mass is 10.1. The van der Waals surface area contributed by atoms with Crippen LogP contribution in [-0.2, 0) is 21.5 Å². The average Bonchev–Trinajstić information content (AvgIpc) is 3.64. The molecular formula is C30H21Cl3N4O3S2. The maximum atomic E-state index is 12.2. The highest BCUT2D eigenvalue weighted by atomic mass is 35.5. The second kappa shape index (κ2) is 11.6. The Balaban J connectivity index is 1.29. The van der Waals surface area contributed by atoms with Crippen LogP contribution in [0.2, 0.25) is 14.4 Å². The van der Waals surface area contributed by atoms with Crippen molar-refractivity contribution < 1.29 is 13.2 Å². The Morgan fingerprint density at radius 1 is 0.929 bits per heavy atom. The van der Waals surface area contributed by atoms with Gasteiger partial charge in [-0.2, -0.15) is 8.42 Å². The van der Waals surface area contributed by atoms with Gasteiger partial charge in [-0.25, -0.2) is 14.0 Å². The van der Waals surface area contributed by atoms with Gasteiger partial charge in [-0.05, 0) is 65.2 Å². The van der Waals surface area contributed by atoms with Crippen molar-refractivity contribution >= 4 is 80.1 Å². The number of benzene rings is 3. The molecule has 7 nitrogen and oxygen atoms in total. The van der Waals surface area contributed by atoms with E-state index in [1.807, 2.05) is 70.1 Å². The number of thiophene rings is 1. The van der Waals surface area contributed by atoms with Gasteiger partial charge >= 0.3 is 10.2 Å². The van der Waals surface area contributed by atoms with Crippen LogP contribution in [0.15, 0.2) is 85.1 Å². The molecule has 0 saturated carbocycles. The Morgan fingerprint density at radius 3 is 2.33 bits per heavy atom. The van der Waals surface area contributed by atoms with Crippen LogP contribution in [0.1, 0.15) is 17.0 Å². The first kappa shape index (κ1) is 28.5. The third-order valence-electron chi connectivity index (χ3n) is 6.61. The molecule has 5 aromatic rings. The predicted molar refractivity (Wildman–Crippen MR) is 171 cm³/mol. The summed E-state index contributed by atoms with van der Waals surface area (Å²) in [6, 6.07) is 24.4. The lowest BCUT2D eigenvalue weighted by Crippen LogP contribution is -2.29. The zero-order valence-corrected chi connectivity index (χ0v) is 25.6. The second-order valence-corrected chi connectivity index (χ2v) is 13.7. The van der Waals surface area contributed by atoms with Crippen LogP contribution in [0.4, 0.5) is 5.69 Å². The number of anilines is 1. The smallest absolute Gasteiger partial charge is 0.326 e. The minimum absolute atomic E-state index is 0.245. The van der Waals surface area contributed by atoms with E-state index in [2.05, 4.69) is 12.1 Å². The van der Waals surface area contributed by atoms with Crippen LogP contribution >= 0.6 is 46.1 Å². The van der Waals surface area contributed by atoms with Crippen molar-refractivity contribution in [3.05, 3.63) is 116 Å². The highest BCUT2D eigenvalue weighted by Crippen LogP contribution is 2.32. The van der Waals surface area contributed by atoms with Crippen molar-refractivity contribution in [2.45, 2.75) is 6.54 Å². The van der Waals surface area contributed by atoms with Crippen molar-refractivity contribution in [2.24, 2.45) is 0 Å². The first-order valence-corrected chi connectivity index (χ1v) is 16.0. The fraction of sp³-hybridized carbons (Fsp3) is 0.0667. The zero-order chi connectivity index (χ0) is 29.4. The Labute approximate surface area is 261 Å². The highest BCUT2D eigenvalue weighted by Gasteiger charge is 2.33. The van der Waals surface area contributed by atoms with E-state index < -0.39 is 16.1 Å². The van der Waals surface area contributed by atoms with Gasteiger partial charge in [0.15, 0.2) is 0 Å². The zero-order valence-electron chi connectivity index (χ0n) is 21.7. The van der Waals surface area contributed by atoms with Crippen LogP contribution in [0.3, 0.4) is 0 Å². The highest BCUT2D eigenvalue weighted by molar-refractivity contribution is 7.92. The van der Waals surface area contributed by atoms with Crippen LogP contribution in [0.25, 0.3) is 33.9 Å². The van der Waals surface area contributed by atoms with E-state index in [-0.39, 0.29) is 6.54 Å². The Bertz CT molecular complexity index is 1930. The van der Waals surface area contributed by atoms with Crippen LogP contribution < -0.4 is 9.03 Å². The maximum absolute atomic E-state index is 12.2. The number of amides is 1. The third kappa shape index (κ3) is 6.11. The molecule has 1 saturated heterocycles. The average molecular weight is 656 g/mol. The largest absolute Gasteiger partial charge is 0.326 e.